The molecule has 2 aromatic rings. The Morgan fingerprint density at radius 3 is 1.28 bits per heavy atom. The van der Waals surface area contributed by atoms with Crippen molar-refractivity contribution in [1.29, 1.82) is 0 Å². The van der Waals surface area contributed by atoms with Crippen LogP contribution in [0.3, 0.4) is 0 Å². The maximum atomic E-state index is 8.63. The third kappa shape index (κ3) is 12.2. The van der Waals surface area contributed by atoms with E-state index in [-0.39, 0.29) is 6.61 Å². The van der Waals surface area contributed by atoms with E-state index in [0.717, 1.165) is 0 Å². The Morgan fingerprint density at radius 1 is 0.833 bits per heavy atom. The van der Waals surface area contributed by atoms with Gasteiger partial charge in [0.15, 0.2) is 0 Å². The van der Waals surface area contributed by atoms with E-state index in [2.05, 4.69) is 0 Å². The molecule has 0 fully saturated rings. The largest absolute Gasteiger partial charge is 0.508 e. The average Bonchev–Trinajstić information content (AvgIpc) is 2.43. The van der Waals surface area contributed by atoms with Gasteiger partial charge in [-0.2, -0.15) is 0 Å². The first-order chi connectivity index (χ1) is 8.66. The number of phenolic OH excluding ortho intramolecular Hbond substituents is 1. The molecule has 0 heterocycles. The summed E-state index contributed by atoms with van der Waals surface area (Å²) in [5.74, 6) is 0.322. The SMILES string of the molecule is CC(O)CO.Oc1ccccc1.c1ccccc1. The van der Waals surface area contributed by atoms with E-state index in [1.165, 1.54) is 6.92 Å². The Balaban J connectivity index is 0.000000245. The van der Waals surface area contributed by atoms with Gasteiger partial charge in [0.05, 0.1) is 12.7 Å². The lowest BCUT2D eigenvalue weighted by molar-refractivity contribution is 0.110. The van der Waals surface area contributed by atoms with Crippen LogP contribution in [0.25, 0.3) is 0 Å². The number of para-hydroxylation sites is 1. The zero-order valence-electron chi connectivity index (χ0n) is 10.5. The summed E-state index contributed by atoms with van der Waals surface area (Å²) in [6, 6.07) is 20.7. The van der Waals surface area contributed by atoms with Gasteiger partial charge < -0.3 is 15.3 Å². The first-order valence-corrected chi connectivity index (χ1v) is 5.69. The monoisotopic (exact) mass is 248 g/mol. The Labute approximate surface area is 108 Å². The third-order valence-corrected chi connectivity index (χ3v) is 1.69. The molecule has 2 aromatic carbocycles. The van der Waals surface area contributed by atoms with Crippen LogP contribution in [-0.2, 0) is 0 Å². The molecule has 3 N–H and O–H groups in total. The molecule has 2 rings (SSSR count). The number of benzene rings is 2. The Hall–Kier alpha value is -1.84. The van der Waals surface area contributed by atoms with Crippen LogP contribution in [0.2, 0.25) is 0 Å². The number of aromatic hydroxyl groups is 1. The molecule has 3 nitrogen and oxygen atoms in total. The van der Waals surface area contributed by atoms with Crippen LogP contribution >= 0.6 is 0 Å². The van der Waals surface area contributed by atoms with Crippen molar-refractivity contribution in [3.05, 3.63) is 66.7 Å². The van der Waals surface area contributed by atoms with Crippen LogP contribution in [0.5, 0.6) is 5.75 Å². The molecule has 0 aliphatic rings. The predicted octanol–water partition coefficient (Wildman–Crippen LogP) is 2.44. The molecule has 0 amide bonds. The van der Waals surface area contributed by atoms with Gasteiger partial charge in [-0.15, -0.1) is 0 Å². The summed E-state index contributed by atoms with van der Waals surface area (Å²) in [7, 11) is 0. The third-order valence-electron chi connectivity index (χ3n) is 1.69. The Kier molecular flexibility index (Phi) is 10.4. The second-order valence-corrected chi connectivity index (χ2v) is 3.52. The average molecular weight is 248 g/mol. The van der Waals surface area contributed by atoms with Gasteiger partial charge in [0.2, 0.25) is 0 Å². The molecule has 1 atom stereocenters. The molecular formula is C15H20O3. The van der Waals surface area contributed by atoms with Crippen molar-refractivity contribution in [2.24, 2.45) is 0 Å². The van der Waals surface area contributed by atoms with Crippen molar-refractivity contribution in [3.8, 4) is 5.75 Å². The van der Waals surface area contributed by atoms with E-state index >= 15 is 0 Å². The number of aliphatic hydroxyl groups excluding tert-OH is 2. The van der Waals surface area contributed by atoms with Crippen LogP contribution < -0.4 is 0 Å². The molecule has 98 valence electrons. The maximum Gasteiger partial charge on any atom is 0.115 e. The van der Waals surface area contributed by atoms with Crippen LogP contribution in [-0.4, -0.2) is 28.0 Å². The summed E-state index contributed by atoms with van der Waals surface area (Å²) in [5, 5.41) is 24.6. The minimum Gasteiger partial charge on any atom is -0.508 e. The lowest BCUT2D eigenvalue weighted by Gasteiger charge is -1.90. The maximum absolute atomic E-state index is 8.63. The summed E-state index contributed by atoms with van der Waals surface area (Å²) >= 11 is 0. The van der Waals surface area contributed by atoms with Crippen LogP contribution in [0, 0.1) is 0 Å². The van der Waals surface area contributed by atoms with Crippen molar-refractivity contribution in [2.75, 3.05) is 6.61 Å². The first kappa shape index (κ1) is 16.2. The Morgan fingerprint density at radius 2 is 1.11 bits per heavy atom. The number of phenols is 1. The molecule has 1 unspecified atom stereocenters. The smallest absolute Gasteiger partial charge is 0.115 e. The topological polar surface area (TPSA) is 60.7 Å². The highest BCUT2D eigenvalue weighted by Gasteiger charge is 1.83. The molecule has 0 radical (unpaired) electrons. The first-order valence-electron chi connectivity index (χ1n) is 5.69. The highest BCUT2D eigenvalue weighted by atomic mass is 16.3. The molecule has 0 spiro atoms. The number of hydrogen-bond acceptors (Lipinski definition) is 3. The van der Waals surface area contributed by atoms with E-state index < -0.39 is 6.10 Å². The zero-order chi connectivity index (χ0) is 13.6. The fourth-order valence-electron chi connectivity index (χ4n) is 0.813. The van der Waals surface area contributed by atoms with E-state index in [1.807, 2.05) is 42.5 Å². The minimum atomic E-state index is -0.560. The van der Waals surface area contributed by atoms with Crippen molar-refractivity contribution >= 4 is 0 Å². The number of hydrogen-bond donors (Lipinski definition) is 3. The second-order valence-electron chi connectivity index (χ2n) is 3.52. The summed E-state index contributed by atoms with van der Waals surface area (Å²) in [6.45, 7) is 1.39. The van der Waals surface area contributed by atoms with Crippen LogP contribution in [0.4, 0.5) is 0 Å². The van der Waals surface area contributed by atoms with Gasteiger partial charge >= 0.3 is 0 Å². The lowest BCUT2D eigenvalue weighted by Crippen LogP contribution is -2.03. The fraction of sp³-hybridized carbons (Fsp3) is 0.200. The number of aliphatic hydroxyl groups is 2. The van der Waals surface area contributed by atoms with Gasteiger partial charge in [0, 0.05) is 0 Å². The minimum absolute atomic E-state index is 0.139. The van der Waals surface area contributed by atoms with Gasteiger partial charge in [0.1, 0.15) is 5.75 Å². The molecule has 0 aliphatic carbocycles. The standard InChI is InChI=1S/C6H6O.C6H6.C3H8O2/c7-6-4-2-1-3-5-6;1-2-4-6-5-3-1;1-3(5)2-4/h1-5,7H;1-6H;3-5H,2H2,1H3. The van der Waals surface area contributed by atoms with E-state index in [0.29, 0.717) is 5.75 Å². The van der Waals surface area contributed by atoms with Crippen molar-refractivity contribution in [3.63, 3.8) is 0 Å². The zero-order valence-corrected chi connectivity index (χ0v) is 10.5. The fourth-order valence-corrected chi connectivity index (χ4v) is 0.813. The highest BCUT2D eigenvalue weighted by molar-refractivity contribution is 5.18. The molecule has 18 heavy (non-hydrogen) atoms. The van der Waals surface area contributed by atoms with Gasteiger partial charge in [-0.05, 0) is 19.1 Å². The molecular weight excluding hydrogens is 228 g/mol. The molecule has 0 aromatic heterocycles. The van der Waals surface area contributed by atoms with Crippen molar-refractivity contribution < 1.29 is 15.3 Å². The molecule has 3 heteroatoms. The summed E-state index contributed by atoms with van der Waals surface area (Å²) in [6.07, 6.45) is -0.560. The van der Waals surface area contributed by atoms with Crippen molar-refractivity contribution in [2.45, 2.75) is 13.0 Å². The Bertz CT molecular complexity index is 333. The van der Waals surface area contributed by atoms with Crippen LogP contribution in [0.1, 0.15) is 6.92 Å². The van der Waals surface area contributed by atoms with Crippen LogP contribution in [0.15, 0.2) is 66.7 Å². The van der Waals surface area contributed by atoms with E-state index in [1.54, 1.807) is 24.3 Å². The quantitative estimate of drug-likeness (QED) is 0.726. The summed E-state index contributed by atoms with van der Waals surface area (Å²) < 4.78 is 0. The summed E-state index contributed by atoms with van der Waals surface area (Å²) in [4.78, 5) is 0. The normalized spacial score (nSPS) is 10.2. The predicted molar refractivity (Wildman–Crippen MR) is 73.3 cm³/mol. The lowest BCUT2D eigenvalue weighted by atomic mass is 10.3. The summed E-state index contributed by atoms with van der Waals surface area (Å²) in [5.41, 5.74) is 0. The second kappa shape index (κ2) is 11.6. The van der Waals surface area contributed by atoms with E-state index in [9.17, 15) is 0 Å². The molecule has 0 bridgehead atoms. The molecule has 0 saturated heterocycles. The highest BCUT2D eigenvalue weighted by Crippen LogP contribution is 2.02. The molecule has 0 aliphatic heterocycles. The van der Waals surface area contributed by atoms with Crippen molar-refractivity contribution in [1.82, 2.24) is 0 Å². The van der Waals surface area contributed by atoms with E-state index in [4.69, 9.17) is 15.3 Å². The molecule has 0 saturated carbocycles. The van der Waals surface area contributed by atoms with Gasteiger partial charge in [-0.3, -0.25) is 0 Å². The van der Waals surface area contributed by atoms with Gasteiger partial charge in [-0.1, -0.05) is 54.6 Å². The van der Waals surface area contributed by atoms with Gasteiger partial charge in [-0.25, -0.2) is 0 Å². The number of rotatable bonds is 1. The van der Waals surface area contributed by atoms with Gasteiger partial charge in [0.25, 0.3) is 0 Å².